The highest BCUT2D eigenvalue weighted by molar-refractivity contribution is 7.48. The number of hydrogen-bond acceptors (Lipinski definition) is 28. The van der Waals surface area contributed by atoms with E-state index >= 15 is 17.7 Å². The number of nitrogens with one attached hydrogen (secondary N) is 9. The first-order valence-electron chi connectivity index (χ1n) is 45.0. The normalized spacial score (nSPS) is 21.8. The van der Waals surface area contributed by atoms with Crippen molar-refractivity contribution in [3.05, 3.63) is 107 Å². The minimum absolute atomic E-state index is 0.104. The van der Waals surface area contributed by atoms with Crippen LogP contribution < -0.4 is 31.9 Å². The predicted octanol–water partition coefficient (Wildman–Crippen LogP) is 13.6. The Morgan fingerprint density at radius 3 is 0.985 bits per heavy atom. The van der Waals surface area contributed by atoms with Crippen LogP contribution >= 0.6 is 7.82 Å². The zero-order valence-corrected chi connectivity index (χ0v) is 76.3. The zero-order valence-electron chi connectivity index (χ0n) is 75.4. The van der Waals surface area contributed by atoms with Crippen molar-refractivity contribution in [1.82, 2.24) is 90.5 Å². The number of aromatic nitrogens is 12. The molecule has 15 rings (SSSR count). The van der Waals surface area contributed by atoms with Gasteiger partial charge in [0.05, 0.1) is 142 Å². The Bertz CT molecular complexity index is 5220. The third-order valence-electron chi connectivity index (χ3n) is 26.4. The topological polar surface area (TPSA) is 468 Å². The molecule has 6 saturated heterocycles. The number of rotatable bonds is 36. The second-order valence-corrected chi connectivity index (χ2v) is 37.1. The fourth-order valence-electron chi connectivity index (χ4n) is 18.9. The van der Waals surface area contributed by atoms with Crippen LogP contribution in [-0.4, -0.2) is 247 Å². The molecule has 6 aromatic heterocycles. The Morgan fingerprint density at radius 2 is 0.740 bits per heavy atom. The maximum Gasteiger partial charge on any atom is 0.474 e. The lowest BCUT2D eigenvalue weighted by atomic mass is 9.70. The Morgan fingerprint density at radius 1 is 0.466 bits per heavy atom. The molecule has 37 nitrogen and oxygen atoms in total. The second-order valence-electron chi connectivity index (χ2n) is 35.4. The Hall–Kier alpha value is -10.9. The van der Waals surface area contributed by atoms with Gasteiger partial charge >= 0.3 is 25.9 Å². The highest BCUT2D eigenvalue weighted by Gasteiger charge is 2.55. The molecule has 131 heavy (non-hydrogen) atoms. The van der Waals surface area contributed by atoms with E-state index in [1.807, 2.05) is 41.5 Å². The molecule has 9 aromatic rings. The number of morpholine rings is 3. The molecule has 6 aliphatic heterocycles. The number of urea groups is 3. The van der Waals surface area contributed by atoms with Crippen LogP contribution in [0.1, 0.15) is 192 Å². The summed E-state index contributed by atoms with van der Waals surface area (Å²) in [7, 11) is -4.54. The number of ether oxygens (including phenoxy) is 6. The second kappa shape index (κ2) is 40.7. The van der Waals surface area contributed by atoms with Gasteiger partial charge in [0.15, 0.2) is 0 Å². The van der Waals surface area contributed by atoms with Crippen molar-refractivity contribution in [2.45, 2.75) is 191 Å². The number of nitriles is 3. The maximum absolute atomic E-state index is 17.2. The standard InChI is InChI=1S/C90H114F3N24O13P/c1-10-97-82(118)112-79-106-61-43-58(70(91)67(73(61)109-79)64-19-13-34-122-64)55-46-100-76(101-47-55)85(4,5)88(22-16-25-94)52-115(28-37-125-88)31-40-128-131(121,129-41-32-116-29-38-126-89(53-116,23-17-26-95)86(6,7)77-102-48-56(49-103-77)59-44-62-74(68(71(59)92)65-20-14-35-123-65)110-80(107-62)113-83(119)98-11-2)130-42-33-117-30-39-127-90(54-117,24-18-27-96)87(8,9)78-104-50-57(51-105-78)60-45-63-75(69(72(60)93)66-21-15-36-124-66)111-81(108-63)114-84(120)99-12-3/h43-51,64-66H,10-24,28-42,52-54H2,1-9H3,(H3,97,106,109,112,118)(H3,98,107,110,113,119)(H3,99,108,111,114,120)/t64-,65-,66-,88?,89?,90?,131?/m1/s1. The molecule has 12 heterocycles. The molecule has 6 atom stereocenters. The van der Waals surface area contributed by atoms with Crippen molar-refractivity contribution in [2.24, 2.45) is 0 Å². The number of anilines is 3. The van der Waals surface area contributed by atoms with Crippen LogP contribution in [0.15, 0.2) is 55.4 Å². The number of aromatic amines is 3. The summed E-state index contributed by atoms with van der Waals surface area (Å²) in [4.78, 5) is 96.6. The van der Waals surface area contributed by atoms with Crippen molar-refractivity contribution in [3.63, 3.8) is 0 Å². The first-order valence-corrected chi connectivity index (χ1v) is 46.5. The van der Waals surface area contributed by atoms with Gasteiger partial charge in [-0.3, -0.25) is 44.2 Å². The number of hydrogen-bond donors (Lipinski definition) is 9. The molecule has 6 aliphatic rings. The van der Waals surface area contributed by atoms with E-state index in [0.717, 1.165) is 19.3 Å². The van der Waals surface area contributed by atoms with Crippen molar-refractivity contribution in [2.75, 3.05) is 154 Å². The Kier molecular flexibility index (Phi) is 29.4. The van der Waals surface area contributed by atoms with Crippen LogP contribution in [0.5, 0.6) is 0 Å². The van der Waals surface area contributed by atoms with Crippen LogP contribution in [0.3, 0.4) is 0 Å². The molecule has 6 fully saturated rings. The number of fused-ring (bicyclic) bond motifs is 3. The quantitative estimate of drug-likeness (QED) is 0.0165. The monoisotopic (exact) mass is 1830 g/mol. The fraction of sp³-hybridized carbons (Fsp3) is 0.567. The Balaban J connectivity index is 0.668. The number of phosphoric acid groups is 1. The number of carbonyl (C=O) groups is 3. The van der Waals surface area contributed by atoms with Gasteiger partial charge in [-0.15, -0.1) is 0 Å². The summed E-state index contributed by atoms with van der Waals surface area (Å²) in [5.74, 6) is -0.188. The van der Waals surface area contributed by atoms with E-state index in [4.69, 9.17) is 71.9 Å². The number of benzene rings is 3. The third kappa shape index (κ3) is 20.0. The van der Waals surface area contributed by atoms with Crippen LogP contribution in [-0.2, 0) is 62.8 Å². The van der Waals surface area contributed by atoms with Gasteiger partial charge in [-0.05, 0) is 138 Å². The van der Waals surface area contributed by atoms with Gasteiger partial charge < -0.3 is 59.3 Å². The number of halogens is 3. The molecule has 3 aromatic carbocycles. The van der Waals surface area contributed by atoms with Gasteiger partial charge in [0.25, 0.3) is 0 Å². The molecule has 9 N–H and O–H groups in total. The summed E-state index contributed by atoms with van der Waals surface area (Å²) in [6.45, 7) is 22.2. The average molecular weight is 1830 g/mol. The molecule has 0 bridgehead atoms. The highest BCUT2D eigenvalue weighted by Crippen LogP contribution is 2.52. The summed E-state index contributed by atoms with van der Waals surface area (Å²) < 4.78 is 125. The SMILES string of the molecule is CCNC(=O)Nc1nc2c([C@H]3CCCO3)c(F)c(-c3cnc(C(C)(C)C4(CCC#N)CN(CCOP(=O)(OCCN5CCOC(CCC#N)(C(C)(C)c6ncc(-c7cc8[nH]c(NC(=O)NCC)nc8c([C@H]8CCCO8)c7F)cn6)C5)OCCN5CCOC(CCC#N)(C(C)(C)c6ncc(-c7cc8[nH]c(NC(=O)NCC)nc8c([C@H]8CCCO8)c7F)cn6)C5)CCO4)nc3)cc2[nH]1. The van der Waals surface area contributed by atoms with E-state index in [1.165, 1.54) is 0 Å². The maximum atomic E-state index is 17.2. The summed E-state index contributed by atoms with van der Waals surface area (Å²) >= 11 is 0. The van der Waals surface area contributed by atoms with Gasteiger partial charge in [0, 0.05) is 205 Å². The lowest BCUT2D eigenvalue weighted by Crippen LogP contribution is -2.62. The molecular formula is C90H114F3N24O13P. The number of carbonyl (C=O) groups excluding carboxylic acids is 3. The van der Waals surface area contributed by atoms with Crippen molar-refractivity contribution in [3.8, 4) is 51.6 Å². The molecule has 41 heteroatoms. The van der Waals surface area contributed by atoms with Gasteiger partial charge in [-0.1, -0.05) is 0 Å². The number of H-pyrrole nitrogens is 3. The third-order valence-corrected chi connectivity index (χ3v) is 27.9. The number of imidazole rings is 3. The lowest BCUT2D eigenvalue weighted by molar-refractivity contribution is -0.154. The number of amides is 6. The van der Waals surface area contributed by atoms with Gasteiger partial charge in [-0.2, -0.15) is 15.8 Å². The number of phosphoric ester groups is 1. The smallest absolute Gasteiger partial charge is 0.373 e. The molecule has 698 valence electrons. The molecule has 0 radical (unpaired) electrons. The van der Waals surface area contributed by atoms with Gasteiger partial charge in [-0.25, -0.2) is 77.0 Å². The average Bonchev–Trinajstić information content (AvgIpc) is 1.67. The fourth-order valence-corrected chi connectivity index (χ4v) is 20.0. The van der Waals surface area contributed by atoms with Gasteiger partial charge in [0.2, 0.25) is 17.8 Å². The summed E-state index contributed by atoms with van der Waals surface area (Å²) in [5.41, 5.74) is -1.49. The summed E-state index contributed by atoms with van der Waals surface area (Å²) in [6.07, 6.45) is 12.5. The minimum Gasteiger partial charge on any atom is -0.373 e. The molecule has 3 unspecified atom stereocenters. The van der Waals surface area contributed by atoms with E-state index in [9.17, 15) is 30.2 Å². The van der Waals surface area contributed by atoms with E-state index in [-0.39, 0.29) is 169 Å². The largest absolute Gasteiger partial charge is 0.474 e. The van der Waals surface area contributed by atoms with Crippen LogP contribution in [0.25, 0.3) is 66.5 Å². The molecule has 0 saturated carbocycles. The van der Waals surface area contributed by atoms with Crippen LogP contribution in [0.2, 0.25) is 0 Å². The zero-order chi connectivity index (χ0) is 92.5. The van der Waals surface area contributed by atoms with E-state index < -0.39 is 94.7 Å². The predicted molar refractivity (Wildman–Crippen MR) is 478 cm³/mol. The molecule has 0 spiro atoms. The van der Waals surface area contributed by atoms with Crippen molar-refractivity contribution >= 4 is 76.9 Å². The summed E-state index contributed by atoms with van der Waals surface area (Å²) in [6, 6.07) is 10.3. The van der Waals surface area contributed by atoms with E-state index in [2.05, 4.69) is 94.7 Å². The van der Waals surface area contributed by atoms with E-state index in [0.29, 0.717) is 146 Å². The van der Waals surface area contributed by atoms with Crippen LogP contribution in [0.4, 0.5) is 45.4 Å². The Labute approximate surface area is 756 Å². The minimum atomic E-state index is -4.54. The van der Waals surface area contributed by atoms with Crippen LogP contribution in [0, 0.1) is 51.4 Å². The van der Waals surface area contributed by atoms with Crippen molar-refractivity contribution < 1.29 is 74.1 Å². The first-order chi connectivity index (χ1) is 63.1. The molecule has 6 amide bonds. The number of nitrogens with zero attached hydrogens (tertiary/aromatic N) is 15. The van der Waals surface area contributed by atoms with Crippen molar-refractivity contribution in [1.29, 1.82) is 15.8 Å². The highest BCUT2D eigenvalue weighted by atomic mass is 31.2. The molecule has 0 aliphatic carbocycles. The lowest BCUT2D eigenvalue weighted by Gasteiger charge is -2.51. The van der Waals surface area contributed by atoms with Gasteiger partial charge in [0.1, 0.15) is 34.9 Å². The summed E-state index contributed by atoms with van der Waals surface area (Å²) in [5, 5.41) is 46.8. The first kappa shape index (κ1) is 94.8. The molecular weight excluding hydrogens is 1710 g/mol. The van der Waals surface area contributed by atoms with E-state index in [1.54, 1.807) is 76.2 Å².